The zero-order valence-corrected chi connectivity index (χ0v) is 22.4. The number of nitrogens with one attached hydrogen (secondary N) is 2. The number of likely N-dealkylation sites (N-methyl/N-ethyl adjacent to an activating group) is 1. The number of halogens is 2. The van der Waals surface area contributed by atoms with Crippen LogP contribution in [0.1, 0.15) is 31.2 Å². The van der Waals surface area contributed by atoms with Crippen molar-refractivity contribution >= 4 is 46.1 Å². The molecule has 3 aromatic rings. The molecule has 0 unspecified atom stereocenters. The fourth-order valence-electron chi connectivity index (χ4n) is 3.91. The molecule has 39 heavy (non-hydrogen) atoms. The molecule has 0 aliphatic rings. The molecule has 0 saturated heterocycles. The highest BCUT2D eigenvalue weighted by Gasteiger charge is 2.23. The minimum Gasteiger partial charge on any atom is -0.447 e. The Morgan fingerprint density at radius 1 is 1.13 bits per heavy atom. The lowest BCUT2D eigenvalue weighted by atomic mass is 10.1. The molecule has 0 fully saturated rings. The Bertz CT molecular complexity index is 1290. The lowest BCUT2D eigenvalue weighted by molar-refractivity contribution is -0.133. The van der Waals surface area contributed by atoms with Crippen LogP contribution in [-0.2, 0) is 20.7 Å². The molecule has 1 aromatic heterocycles. The predicted octanol–water partition coefficient (Wildman–Crippen LogP) is 4.31. The molecule has 0 bridgehead atoms. The second kappa shape index (κ2) is 15.0. The third-order valence-corrected chi connectivity index (χ3v) is 6.63. The van der Waals surface area contributed by atoms with E-state index in [0.29, 0.717) is 24.3 Å². The van der Waals surface area contributed by atoms with Crippen LogP contribution in [0, 0.1) is 5.82 Å². The molecule has 9 nitrogen and oxygen atoms in total. The van der Waals surface area contributed by atoms with Gasteiger partial charge in [-0.15, -0.1) is 0 Å². The maximum Gasteiger partial charge on any atom is 0.412 e. The van der Waals surface area contributed by atoms with Crippen molar-refractivity contribution in [2.24, 2.45) is 0 Å². The first-order valence-electron chi connectivity index (χ1n) is 12.6. The molecule has 3 rings (SSSR count). The Morgan fingerprint density at radius 3 is 2.67 bits per heavy atom. The molecule has 0 spiro atoms. The van der Waals surface area contributed by atoms with Gasteiger partial charge in [0, 0.05) is 44.6 Å². The molecule has 1 heterocycles. The van der Waals surface area contributed by atoms with Crippen LogP contribution in [0.5, 0.6) is 0 Å². The summed E-state index contributed by atoms with van der Waals surface area (Å²) >= 11 is 6.01. The maximum absolute atomic E-state index is 13.7. The topological polar surface area (TPSA) is 121 Å². The number of amides is 3. The van der Waals surface area contributed by atoms with E-state index >= 15 is 0 Å². The molecule has 208 valence electrons. The number of anilines is 1. The van der Waals surface area contributed by atoms with Gasteiger partial charge in [0.1, 0.15) is 18.2 Å². The van der Waals surface area contributed by atoms with E-state index in [1.807, 2.05) is 24.3 Å². The molecule has 0 aliphatic carbocycles. The highest BCUT2D eigenvalue weighted by molar-refractivity contribution is 6.31. The lowest BCUT2D eigenvalue weighted by Crippen LogP contribution is -2.42. The molecule has 0 radical (unpaired) electrons. The summed E-state index contributed by atoms with van der Waals surface area (Å²) < 4.78 is 19.1. The van der Waals surface area contributed by atoms with Gasteiger partial charge >= 0.3 is 6.09 Å². The van der Waals surface area contributed by atoms with E-state index in [0.717, 1.165) is 10.8 Å². The van der Waals surface area contributed by atoms with Gasteiger partial charge in [0.15, 0.2) is 0 Å². The molecule has 3 amide bonds. The third-order valence-electron chi connectivity index (χ3n) is 6.21. The van der Waals surface area contributed by atoms with Crippen LogP contribution in [0.25, 0.3) is 10.8 Å². The second-order valence-corrected chi connectivity index (χ2v) is 9.36. The SMILES string of the molecule is CN(C(=O)CCc1cccc(F)c1Cl)[C@@H](CCC(=O)NCCCO)COC(=O)Nc1cc2ccccc2cn1. The summed E-state index contributed by atoms with van der Waals surface area (Å²) in [7, 11) is 1.57. The molecule has 11 heteroatoms. The molecular formula is C28H32ClFN4O5. The number of aromatic nitrogens is 1. The fraction of sp³-hybridized carbons (Fsp3) is 0.357. The minimum atomic E-state index is -0.748. The number of aliphatic hydroxyl groups is 1. The van der Waals surface area contributed by atoms with Gasteiger partial charge < -0.3 is 20.1 Å². The van der Waals surface area contributed by atoms with E-state index in [9.17, 15) is 18.8 Å². The summed E-state index contributed by atoms with van der Waals surface area (Å²) in [6, 6.07) is 13.1. The molecule has 2 aromatic carbocycles. The maximum atomic E-state index is 13.7. The Hall–Kier alpha value is -3.76. The fourth-order valence-corrected chi connectivity index (χ4v) is 4.13. The first kappa shape index (κ1) is 29.8. The van der Waals surface area contributed by atoms with Crippen molar-refractivity contribution in [3.8, 4) is 0 Å². The van der Waals surface area contributed by atoms with E-state index in [4.69, 9.17) is 21.4 Å². The van der Waals surface area contributed by atoms with E-state index in [-0.39, 0.29) is 55.7 Å². The van der Waals surface area contributed by atoms with Crippen molar-refractivity contribution in [3.63, 3.8) is 0 Å². The minimum absolute atomic E-state index is 0.0219. The van der Waals surface area contributed by atoms with Crippen LogP contribution >= 0.6 is 11.6 Å². The van der Waals surface area contributed by atoms with E-state index in [1.54, 1.807) is 25.4 Å². The Labute approximate surface area is 231 Å². The number of pyridine rings is 1. The normalized spacial score (nSPS) is 11.6. The summed E-state index contributed by atoms with van der Waals surface area (Å²) in [6.07, 6.45) is 1.91. The number of ether oxygens (including phenoxy) is 1. The molecule has 0 saturated carbocycles. The van der Waals surface area contributed by atoms with E-state index in [2.05, 4.69) is 15.6 Å². The van der Waals surface area contributed by atoms with Crippen LogP contribution in [0.4, 0.5) is 15.0 Å². The highest BCUT2D eigenvalue weighted by Crippen LogP contribution is 2.22. The van der Waals surface area contributed by atoms with Gasteiger partial charge in [-0.1, -0.05) is 48.0 Å². The zero-order valence-electron chi connectivity index (χ0n) is 21.7. The summed E-state index contributed by atoms with van der Waals surface area (Å²) in [5.74, 6) is -0.762. The number of aryl methyl sites for hydroxylation is 1. The number of fused-ring (bicyclic) bond motifs is 1. The number of aliphatic hydroxyl groups excluding tert-OH is 1. The molecule has 3 N–H and O–H groups in total. The predicted molar refractivity (Wildman–Crippen MR) is 147 cm³/mol. The number of hydrogen-bond donors (Lipinski definition) is 3. The number of benzene rings is 2. The first-order chi connectivity index (χ1) is 18.8. The Kier molecular flexibility index (Phi) is 11.4. The van der Waals surface area contributed by atoms with Crippen molar-refractivity contribution < 1.29 is 28.6 Å². The van der Waals surface area contributed by atoms with Gasteiger partial charge in [0.2, 0.25) is 11.8 Å². The van der Waals surface area contributed by atoms with Gasteiger partial charge in [0.25, 0.3) is 0 Å². The second-order valence-electron chi connectivity index (χ2n) is 8.98. The number of carbonyl (C=O) groups excluding carboxylic acids is 3. The van der Waals surface area contributed by atoms with Crippen molar-refractivity contribution in [3.05, 3.63) is 71.1 Å². The Morgan fingerprint density at radius 2 is 1.90 bits per heavy atom. The van der Waals surface area contributed by atoms with Gasteiger partial charge in [-0.05, 0) is 42.3 Å². The van der Waals surface area contributed by atoms with Crippen LogP contribution in [0.3, 0.4) is 0 Å². The van der Waals surface area contributed by atoms with Crippen LogP contribution in [0.15, 0.2) is 54.7 Å². The number of hydrogen-bond acceptors (Lipinski definition) is 6. The highest BCUT2D eigenvalue weighted by atomic mass is 35.5. The van der Waals surface area contributed by atoms with Crippen molar-refractivity contribution in [2.75, 3.05) is 32.1 Å². The summed E-state index contributed by atoms with van der Waals surface area (Å²) in [5, 5.41) is 16.0. The molecule has 1 atom stereocenters. The smallest absolute Gasteiger partial charge is 0.412 e. The number of nitrogens with zero attached hydrogens (tertiary/aromatic N) is 2. The largest absolute Gasteiger partial charge is 0.447 e. The van der Waals surface area contributed by atoms with Crippen molar-refractivity contribution in [2.45, 2.75) is 38.1 Å². The van der Waals surface area contributed by atoms with Gasteiger partial charge in [0.05, 0.1) is 11.1 Å². The Balaban J connectivity index is 1.60. The average Bonchev–Trinajstić information content (AvgIpc) is 2.93. The van der Waals surface area contributed by atoms with Crippen LogP contribution in [-0.4, -0.2) is 65.7 Å². The number of rotatable bonds is 13. The van der Waals surface area contributed by atoms with Crippen molar-refractivity contribution in [1.29, 1.82) is 0 Å². The molecular weight excluding hydrogens is 527 g/mol. The average molecular weight is 559 g/mol. The third kappa shape index (κ3) is 9.19. The molecule has 0 aliphatic heterocycles. The zero-order chi connectivity index (χ0) is 28.2. The van der Waals surface area contributed by atoms with Gasteiger partial charge in [-0.25, -0.2) is 14.2 Å². The van der Waals surface area contributed by atoms with Gasteiger partial charge in [-0.2, -0.15) is 0 Å². The first-order valence-corrected chi connectivity index (χ1v) is 13.0. The van der Waals surface area contributed by atoms with Crippen LogP contribution < -0.4 is 10.6 Å². The lowest BCUT2D eigenvalue weighted by Gasteiger charge is -2.28. The summed E-state index contributed by atoms with van der Waals surface area (Å²) in [4.78, 5) is 43.3. The van der Waals surface area contributed by atoms with Crippen molar-refractivity contribution in [1.82, 2.24) is 15.2 Å². The summed E-state index contributed by atoms with van der Waals surface area (Å²) in [5.41, 5.74) is 0.511. The van der Waals surface area contributed by atoms with E-state index < -0.39 is 18.0 Å². The summed E-state index contributed by atoms with van der Waals surface area (Å²) in [6.45, 7) is 0.137. The monoisotopic (exact) mass is 558 g/mol. The number of carbonyl (C=O) groups is 3. The van der Waals surface area contributed by atoms with Gasteiger partial charge in [-0.3, -0.25) is 14.9 Å². The quantitative estimate of drug-likeness (QED) is 0.269. The standard InChI is InChI=1S/C28H32ClFN4O5/c1-34(26(37)13-10-19-8-4-9-23(30)27(19)29)22(11-12-25(36)31-14-5-15-35)18-39-28(38)33-24-16-20-6-2-3-7-21(20)17-32-24/h2-4,6-9,16-17,22,35H,5,10-15,18H2,1H3,(H,31,36)(H,32,33,38)/t22-/m0/s1. The van der Waals surface area contributed by atoms with E-state index in [1.165, 1.54) is 17.0 Å². The van der Waals surface area contributed by atoms with Crippen LogP contribution in [0.2, 0.25) is 5.02 Å².